The fourth-order valence-corrected chi connectivity index (χ4v) is 9.87. The molecule has 0 spiro atoms. The van der Waals surface area contributed by atoms with Gasteiger partial charge in [-0.3, -0.25) is 38.4 Å². The lowest BCUT2D eigenvalue weighted by atomic mass is 9.88. The first-order chi connectivity index (χ1) is 29.3. The summed E-state index contributed by atoms with van der Waals surface area (Å²) in [5.74, 6) is -4.18. The van der Waals surface area contributed by atoms with Gasteiger partial charge in [0.1, 0.15) is 28.7 Å². The van der Waals surface area contributed by atoms with E-state index in [-0.39, 0.29) is 71.7 Å². The minimum atomic E-state index is -3.26. The van der Waals surface area contributed by atoms with Crippen molar-refractivity contribution in [2.75, 3.05) is 36.5 Å². The summed E-state index contributed by atoms with van der Waals surface area (Å²) in [4.78, 5) is 59.9. The number of piperidine rings is 2. The molecule has 10 rings (SSSR count). The summed E-state index contributed by atoms with van der Waals surface area (Å²) in [6, 6.07) is 5.33. The number of carbonyl (C=O) groups is 3. The predicted octanol–water partition coefficient (Wildman–Crippen LogP) is 4.00. The number of fused-ring (bicyclic) bond motifs is 4. The predicted molar refractivity (Wildman–Crippen MR) is 209 cm³/mol. The van der Waals surface area contributed by atoms with Gasteiger partial charge in [0, 0.05) is 51.4 Å². The van der Waals surface area contributed by atoms with Crippen LogP contribution in [0.25, 0.3) is 16.7 Å². The van der Waals surface area contributed by atoms with E-state index >= 15 is 8.78 Å². The van der Waals surface area contributed by atoms with Crippen molar-refractivity contribution in [1.82, 2.24) is 43.7 Å². The Morgan fingerprint density at radius 1 is 1.05 bits per heavy atom. The molecule has 21 heteroatoms. The fourth-order valence-electron chi connectivity index (χ4n) is 9.87. The zero-order chi connectivity index (χ0) is 42.3. The summed E-state index contributed by atoms with van der Waals surface area (Å²) in [5, 5.41) is 13.3. The van der Waals surface area contributed by atoms with E-state index in [1.807, 2.05) is 6.07 Å². The summed E-state index contributed by atoms with van der Waals surface area (Å²) in [5.41, 5.74) is -0.219. The highest BCUT2D eigenvalue weighted by Gasteiger charge is 2.48. The summed E-state index contributed by atoms with van der Waals surface area (Å²) < 4.78 is 77.7. The molecule has 4 aliphatic heterocycles. The van der Waals surface area contributed by atoms with E-state index in [1.54, 1.807) is 23.2 Å². The molecule has 4 aromatic heterocycles. The van der Waals surface area contributed by atoms with Crippen molar-refractivity contribution in [2.45, 2.75) is 100 Å². The molecule has 1 aromatic carbocycles. The van der Waals surface area contributed by atoms with E-state index in [9.17, 15) is 28.0 Å². The lowest BCUT2D eigenvalue weighted by molar-refractivity contribution is -0.148. The molecular formula is C40H43F4N11O6. The summed E-state index contributed by atoms with van der Waals surface area (Å²) in [6.07, 6.45) is 3.28. The molecule has 322 valence electrons. The van der Waals surface area contributed by atoms with Crippen LogP contribution in [-0.2, 0) is 21.4 Å². The summed E-state index contributed by atoms with van der Waals surface area (Å²) in [6.45, 7) is 1.07. The highest BCUT2D eigenvalue weighted by molar-refractivity contribution is 6.08. The van der Waals surface area contributed by atoms with Crippen LogP contribution in [0.3, 0.4) is 0 Å². The second-order valence-electron chi connectivity index (χ2n) is 16.7. The maximum Gasteiger partial charge on any atom is 0.329 e. The molecule has 17 nitrogen and oxygen atoms in total. The van der Waals surface area contributed by atoms with E-state index < -0.39 is 60.1 Å². The van der Waals surface area contributed by atoms with E-state index in [2.05, 4.69) is 25.7 Å². The molecule has 5 fully saturated rings. The number of alkyl halides is 4. The van der Waals surface area contributed by atoms with Gasteiger partial charge in [0.2, 0.25) is 11.8 Å². The van der Waals surface area contributed by atoms with Crippen LogP contribution in [0, 0.1) is 0 Å². The van der Waals surface area contributed by atoms with Gasteiger partial charge in [-0.2, -0.15) is 10.2 Å². The monoisotopic (exact) mass is 849 g/mol. The summed E-state index contributed by atoms with van der Waals surface area (Å²) >= 11 is 0. The average Bonchev–Trinajstić information content (AvgIpc) is 4.09. The number of benzene rings is 1. The number of likely N-dealkylation sites (tertiary alicyclic amines) is 1. The number of para-hydroxylation sites is 1. The largest absolute Gasteiger partial charge is 0.482 e. The van der Waals surface area contributed by atoms with Crippen molar-refractivity contribution < 1.29 is 41.4 Å². The third kappa shape index (κ3) is 6.90. The zero-order valence-electron chi connectivity index (χ0n) is 33.1. The zero-order valence-corrected chi connectivity index (χ0v) is 33.1. The molecular weight excluding hydrogens is 807 g/mol. The van der Waals surface area contributed by atoms with Gasteiger partial charge in [0.15, 0.2) is 17.4 Å². The topological polar surface area (TPSA) is 175 Å². The van der Waals surface area contributed by atoms with Gasteiger partial charge in [0.05, 0.1) is 48.7 Å². The van der Waals surface area contributed by atoms with Crippen LogP contribution in [0.5, 0.6) is 5.75 Å². The number of nitrogens with one attached hydrogen (secondary N) is 2. The Bertz CT molecular complexity index is 2620. The molecule has 4 saturated heterocycles. The maximum atomic E-state index is 15.9. The lowest BCUT2D eigenvalue weighted by Crippen LogP contribution is -2.56. The Morgan fingerprint density at radius 2 is 1.85 bits per heavy atom. The maximum absolute atomic E-state index is 15.9. The number of hydrogen-bond acceptors (Lipinski definition) is 11. The Kier molecular flexibility index (Phi) is 9.64. The first kappa shape index (κ1) is 39.3. The number of hydrogen-bond donors (Lipinski definition) is 2. The lowest BCUT2D eigenvalue weighted by Gasteiger charge is -2.43. The van der Waals surface area contributed by atoms with Crippen molar-refractivity contribution in [3.05, 3.63) is 64.6 Å². The molecule has 2 unspecified atom stereocenters. The second kappa shape index (κ2) is 15.0. The highest BCUT2D eigenvalue weighted by atomic mass is 19.3. The van der Waals surface area contributed by atoms with Crippen molar-refractivity contribution in [2.24, 2.45) is 7.05 Å². The van der Waals surface area contributed by atoms with Gasteiger partial charge in [0.25, 0.3) is 18.3 Å². The van der Waals surface area contributed by atoms with E-state index in [0.717, 1.165) is 6.42 Å². The molecule has 1 aliphatic carbocycles. The van der Waals surface area contributed by atoms with E-state index in [0.29, 0.717) is 56.7 Å². The smallest absolute Gasteiger partial charge is 0.329 e. The SMILES string of the molecule is Cn1c(=O)n(C2CCC(=O)NC2=O)c2cccc(OC3CCN(C4CCC(n5cc(NC(=O)c6cnn7ccc(N8C[C@H]9C[C@@H]8CO9)nc67)c(C(F)F)n5)CC4)CC3(F)F)c21. The molecule has 0 radical (unpaired) electrons. The Morgan fingerprint density at radius 3 is 2.57 bits per heavy atom. The third-order valence-corrected chi connectivity index (χ3v) is 13.0. The summed E-state index contributed by atoms with van der Waals surface area (Å²) in [7, 11) is 1.48. The number of halogens is 4. The van der Waals surface area contributed by atoms with Crippen LogP contribution in [0.1, 0.15) is 85.9 Å². The number of amides is 3. The molecule has 4 atom stereocenters. The first-order valence-corrected chi connectivity index (χ1v) is 20.6. The number of carbonyl (C=O) groups excluding carboxylic acids is 3. The minimum absolute atomic E-state index is 0.00278. The van der Waals surface area contributed by atoms with E-state index in [1.165, 1.54) is 43.8 Å². The van der Waals surface area contributed by atoms with Gasteiger partial charge in [-0.1, -0.05) is 6.07 Å². The number of anilines is 2. The molecule has 1 saturated carbocycles. The average molecular weight is 850 g/mol. The van der Waals surface area contributed by atoms with Crippen molar-refractivity contribution in [3.8, 4) is 5.75 Å². The molecule has 5 aliphatic rings. The van der Waals surface area contributed by atoms with Crippen LogP contribution in [-0.4, -0.2) is 113 Å². The molecule has 3 amide bonds. The number of rotatable bonds is 9. The normalized spacial score (nSPS) is 26.8. The van der Waals surface area contributed by atoms with Crippen molar-refractivity contribution in [3.63, 3.8) is 0 Å². The third-order valence-electron chi connectivity index (χ3n) is 13.0. The van der Waals surface area contributed by atoms with Gasteiger partial charge in [-0.05, 0) is 56.7 Å². The van der Waals surface area contributed by atoms with Gasteiger partial charge >= 0.3 is 5.69 Å². The van der Waals surface area contributed by atoms with Crippen LogP contribution >= 0.6 is 0 Å². The quantitative estimate of drug-likeness (QED) is 0.162. The number of imide groups is 1. The van der Waals surface area contributed by atoms with E-state index in [4.69, 9.17) is 14.5 Å². The molecule has 5 aromatic rings. The molecule has 2 bridgehead atoms. The first-order valence-electron chi connectivity index (χ1n) is 20.6. The van der Waals surface area contributed by atoms with Crippen LogP contribution < -0.4 is 26.0 Å². The van der Waals surface area contributed by atoms with Crippen LogP contribution in [0.15, 0.2) is 47.7 Å². The van der Waals surface area contributed by atoms with Crippen LogP contribution in [0.2, 0.25) is 0 Å². The Hall–Kier alpha value is -5.83. The highest BCUT2D eigenvalue weighted by Crippen LogP contribution is 2.40. The Labute approximate surface area is 344 Å². The number of nitrogens with zero attached hydrogens (tertiary/aromatic N) is 9. The number of ether oxygens (including phenoxy) is 2. The van der Waals surface area contributed by atoms with Gasteiger partial charge in [-0.15, -0.1) is 0 Å². The van der Waals surface area contributed by atoms with Gasteiger partial charge in [-0.25, -0.2) is 31.9 Å². The number of imidazole rings is 1. The minimum Gasteiger partial charge on any atom is -0.482 e. The molecule has 61 heavy (non-hydrogen) atoms. The second-order valence-corrected chi connectivity index (χ2v) is 16.7. The van der Waals surface area contributed by atoms with Gasteiger partial charge < -0.3 is 19.7 Å². The standard InChI is InChI=1S/C40H43F4N11O6/c1-50-34-27(55(39(50)59)28-9-10-32(56)48-38(28)58)3-2-4-29(34)61-30-11-13-51(20-40(30,43)44)21-5-7-22(8-6-21)54-18-26(33(49-54)35(41)42)46-37(57)25-16-45-53-14-12-31(47-36(25)53)52-17-24-15-23(52)19-60-24/h2-4,12,14,16,18,21-24,28,30,35H,5-11,13,15,17,19-20H2,1H3,(H,46,57)(H,48,56,58)/t21?,22?,23-,24-,28?,30?/m1/s1. The number of aromatic nitrogens is 7. The van der Waals surface area contributed by atoms with Crippen molar-refractivity contribution in [1.29, 1.82) is 0 Å². The number of morpholine rings is 1. The van der Waals surface area contributed by atoms with Crippen LogP contribution in [0.4, 0.5) is 29.1 Å². The van der Waals surface area contributed by atoms with Crippen molar-refractivity contribution >= 4 is 45.9 Å². The fraction of sp³-hybridized carbons (Fsp3) is 0.525. The molecule has 2 N–H and O–H groups in total. The molecule has 8 heterocycles. The Balaban J connectivity index is 0.786. The number of aryl methyl sites for hydroxylation is 1.